The molecule has 1 aromatic heterocycles. The molecule has 0 saturated carbocycles. The number of alkyl halides is 3. The average Bonchev–Trinajstić information content (AvgIpc) is 2.67. The van der Waals surface area contributed by atoms with Gasteiger partial charge in [0.1, 0.15) is 5.75 Å². The van der Waals surface area contributed by atoms with E-state index in [0.29, 0.717) is 50.7 Å². The van der Waals surface area contributed by atoms with Crippen molar-refractivity contribution in [3.05, 3.63) is 51.4 Å². The van der Waals surface area contributed by atoms with Gasteiger partial charge in [0.15, 0.2) is 0 Å². The van der Waals surface area contributed by atoms with E-state index < -0.39 is 6.36 Å². The highest BCUT2D eigenvalue weighted by atomic mass is 19.4. The molecule has 1 saturated heterocycles. The Balaban J connectivity index is 1.46. The van der Waals surface area contributed by atoms with Gasteiger partial charge in [0, 0.05) is 38.3 Å². The van der Waals surface area contributed by atoms with Crippen molar-refractivity contribution in [2.75, 3.05) is 24.5 Å². The summed E-state index contributed by atoms with van der Waals surface area (Å²) < 4.78 is 46.6. The number of ether oxygens (including phenoxy) is 2. The zero-order valence-electron chi connectivity index (χ0n) is 17.4. The summed E-state index contributed by atoms with van der Waals surface area (Å²) >= 11 is 0. The summed E-state index contributed by atoms with van der Waals surface area (Å²) in [5, 5.41) is 0. The van der Waals surface area contributed by atoms with Gasteiger partial charge in [-0.25, -0.2) is 4.98 Å². The summed E-state index contributed by atoms with van der Waals surface area (Å²) in [5.41, 5.74) is 2.19. The van der Waals surface area contributed by atoms with Crippen LogP contribution in [0.3, 0.4) is 0 Å². The summed E-state index contributed by atoms with van der Waals surface area (Å²) in [6.45, 7) is 7.01. The quantitative estimate of drug-likeness (QED) is 0.792. The summed E-state index contributed by atoms with van der Waals surface area (Å²) in [7, 11) is 0. The number of hydrogen-bond donors (Lipinski definition) is 1. The minimum atomic E-state index is -4.70. The summed E-state index contributed by atoms with van der Waals surface area (Å²) in [6.07, 6.45) is -4.04. The van der Waals surface area contributed by atoms with Crippen LogP contribution in [0, 0.1) is 0 Å². The Hall–Kier alpha value is -2.59. The first-order valence-electron chi connectivity index (χ1n) is 10.3. The van der Waals surface area contributed by atoms with E-state index in [9.17, 15) is 18.0 Å². The predicted molar refractivity (Wildman–Crippen MR) is 108 cm³/mol. The van der Waals surface area contributed by atoms with Crippen LogP contribution in [-0.4, -0.2) is 53.1 Å². The van der Waals surface area contributed by atoms with Crippen LogP contribution in [0.1, 0.15) is 30.7 Å². The maximum absolute atomic E-state index is 12.6. The van der Waals surface area contributed by atoms with Gasteiger partial charge in [-0.2, -0.15) is 0 Å². The standard InChI is InChI=1S/C21H25F3N4O3/c1-13-9-28(10-14(2)30-13)20-25-18-12-27(8-7-17(18)19(29)26-20)11-15-3-5-16(6-4-15)31-21(22,23)24/h3-6,13-14H,7-12H2,1-2H3,(H,25,26,29). The molecule has 0 amide bonds. The van der Waals surface area contributed by atoms with Gasteiger partial charge in [0.05, 0.1) is 17.9 Å². The number of aromatic amines is 1. The highest BCUT2D eigenvalue weighted by Gasteiger charge is 2.31. The van der Waals surface area contributed by atoms with Crippen molar-refractivity contribution < 1.29 is 22.6 Å². The second kappa shape index (κ2) is 8.51. The molecule has 10 heteroatoms. The maximum Gasteiger partial charge on any atom is 0.573 e. The van der Waals surface area contributed by atoms with Gasteiger partial charge in [0.25, 0.3) is 5.56 Å². The van der Waals surface area contributed by atoms with E-state index in [0.717, 1.165) is 11.3 Å². The number of rotatable bonds is 4. The van der Waals surface area contributed by atoms with Gasteiger partial charge in [-0.15, -0.1) is 13.2 Å². The zero-order chi connectivity index (χ0) is 22.2. The van der Waals surface area contributed by atoms with E-state index in [1.807, 2.05) is 18.7 Å². The Bertz CT molecular complexity index is 967. The van der Waals surface area contributed by atoms with E-state index in [4.69, 9.17) is 9.72 Å². The number of nitrogens with one attached hydrogen (secondary N) is 1. The van der Waals surface area contributed by atoms with Crippen LogP contribution in [0.4, 0.5) is 19.1 Å². The molecule has 2 aromatic rings. The van der Waals surface area contributed by atoms with Crippen molar-refractivity contribution in [2.45, 2.75) is 51.9 Å². The Morgan fingerprint density at radius 1 is 1.19 bits per heavy atom. The molecule has 0 aliphatic carbocycles. The average molecular weight is 438 g/mol. The second-order valence-corrected chi connectivity index (χ2v) is 8.13. The number of anilines is 1. The van der Waals surface area contributed by atoms with Crippen LogP contribution in [0.25, 0.3) is 0 Å². The van der Waals surface area contributed by atoms with Gasteiger partial charge in [-0.05, 0) is 38.0 Å². The third kappa shape index (κ3) is 5.37. The predicted octanol–water partition coefficient (Wildman–Crippen LogP) is 2.84. The number of hydrogen-bond acceptors (Lipinski definition) is 6. The third-order valence-corrected chi connectivity index (χ3v) is 5.42. The van der Waals surface area contributed by atoms with Gasteiger partial charge >= 0.3 is 6.36 Å². The first-order chi connectivity index (χ1) is 14.7. The van der Waals surface area contributed by atoms with Crippen molar-refractivity contribution in [3.8, 4) is 5.75 Å². The summed E-state index contributed by atoms with van der Waals surface area (Å²) in [5.74, 6) is 0.313. The SMILES string of the molecule is CC1CN(c2nc3c(c(=O)[nH]2)CCN(Cc2ccc(OC(F)(F)F)cc2)C3)CC(C)O1. The maximum atomic E-state index is 12.6. The summed E-state index contributed by atoms with van der Waals surface area (Å²) in [4.78, 5) is 24.5. The number of nitrogens with zero attached hydrogens (tertiary/aromatic N) is 3. The highest BCUT2D eigenvalue weighted by Crippen LogP contribution is 2.24. The normalized spacial score (nSPS) is 22.3. The van der Waals surface area contributed by atoms with Gasteiger partial charge in [0.2, 0.25) is 5.95 Å². The molecule has 4 rings (SSSR count). The van der Waals surface area contributed by atoms with E-state index in [2.05, 4.69) is 14.6 Å². The fourth-order valence-corrected chi connectivity index (χ4v) is 4.17. The van der Waals surface area contributed by atoms with Crippen molar-refractivity contribution >= 4 is 5.95 Å². The molecule has 0 radical (unpaired) electrons. The number of morpholine rings is 1. The van der Waals surface area contributed by atoms with Crippen LogP contribution in [0.15, 0.2) is 29.1 Å². The lowest BCUT2D eigenvalue weighted by molar-refractivity contribution is -0.274. The molecular weight excluding hydrogens is 413 g/mol. The lowest BCUT2D eigenvalue weighted by atomic mass is 10.1. The summed E-state index contributed by atoms with van der Waals surface area (Å²) in [6, 6.07) is 5.85. The molecule has 2 atom stereocenters. The fourth-order valence-electron chi connectivity index (χ4n) is 4.17. The molecule has 31 heavy (non-hydrogen) atoms. The Morgan fingerprint density at radius 3 is 2.52 bits per heavy atom. The lowest BCUT2D eigenvalue weighted by Gasteiger charge is -2.36. The van der Waals surface area contributed by atoms with Crippen molar-refractivity contribution in [1.82, 2.24) is 14.9 Å². The van der Waals surface area contributed by atoms with Crippen LogP contribution in [0.5, 0.6) is 5.75 Å². The van der Waals surface area contributed by atoms with Gasteiger partial charge in [-0.3, -0.25) is 14.7 Å². The minimum absolute atomic E-state index is 0.0471. The second-order valence-electron chi connectivity index (χ2n) is 8.13. The Kier molecular flexibility index (Phi) is 5.94. The number of aromatic nitrogens is 2. The number of fused-ring (bicyclic) bond motifs is 1. The molecular formula is C21H25F3N4O3. The Morgan fingerprint density at radius 2 is 1.87 bits per heavy atom. The molecule has 2 unspecified atom stereocenters. The third-order valence-electron chi connectivity index (χ3n) is 5.42. The van der Waals surface area contributed by atoms with Crippen LogP contribution >= 0.6 is 0 Å². The molecule has 3 heterocycles. The topological polar surface area (TPSA) is 70.7 Å². The molecule has 0 bridgehead atoms. The molecule has 1 fully saturated rings. The van der Waals surface area contributed by atoms with Gasteiger partial charge in [-0.1, -0.05) is 12.1 Å². The minimum Gasteiger partial charge on any atom is -0.406 e. The number of halogens is 3. The van der Waals surface area contributed by atoms with Crippen molar-refractivity contribution in [1.29, 1.82) is 0 Å². The molecule has 7 nitrogen and oxygen atoms in total. The van der Waals surface area contributed by atoms with Gasteiger partial charge < -0.3 is 14.4 Å². The highest BCUT2D eigenvalue weighted by molar-refractivity contribution is 5.35. The lowest BCUT2D eigenvalue weighted by Crippen LogP contribution is -2.47. The molecule has 2 aliphatic heterocycles. The van der Waals surface area contributed by atoms with Crippen LogP contribution < -0.4 is 15.2 Å². The number of H-pyrrole nitrogens is 1. The van der Waals surface area contributed by atoms with E-state index >= 15 is 0 Å². The number of benzene rings is 1. The van der Waals surface area contributed by atoms with E-state index in [1.54, 1.807) is 12.1 Å². The molecule has 2 aliphatic rings. The Labute approximate surface area is 177 Å². The largest absolute Gasteiger partial charge is 0.573 e. The molecule has 0 spiro atoms. The van der Waals surface area contributed by atoms with Crippen LogP contribution in [-0.2, 0) is 24.2 Å². The van der Waals surface area contributed by atoms with Crippen molar-refractivity contribution in [2.24, 2.45) is 0 Å². The van der Waals surface area contributed by atoms with E-state index in [-0.39, 0.29) is 23.5 Å². The smallest absolute Gasteiger partial charge is 0.406 e. The first-order valence-corrected chi connectivity index (χ1v) is 10.3. The van der Waals surface area contributed by atoms with Crippen LogP contribution in [0.2, 0.25) is 0 Å². The molecule has 168 valence electrons. The first kappa shape index (κ1) is 21.6. The molecule has 1 N–H and O–H groups in total. The van der Waals surface area contributed by atoms with Crippen molar-refractivity contribution in [3.63, 3.8) is 0 Å². The molecule has 1 aromatic carbocycles. The monoisotopic (exact) mass is 438 g/mol. The zero-order valence-corrected chi connectivity index (χ0v) is 17.4. The van der Waals surface area contributed by atoms with E-state index in [1.165, 1.54) is 12.1 Å². The fraction of sp³-hybridized carbons (Fsp3) is 0.524.